The number of nitrogens with zero attached hydrogens (tertiary/aromatic N) is 2. The first-order valence-corrected chi connectivity index (χ1v) is 14.1. The van der Waals surface area contributed by atoms with E-state index in [-0.39, 0.29) is 34.2 Å². The van der Waals surface area contributed by atoms with E-state index in [1.165, 1.54) is 12.1 Å². The zero-order valence-corrected chi connectivity index (χ0v) is 22.2. The number of anilines is 1. The standard InChI is InChI=1S/C29H28FN3O4S/c1-4-38(35,36)24-11-5-20(6-12-24)17-25(34)31-23-15-18(2)26(19(3)16-23)29(13-14-29)28-32-27(37-33-28)21-7-9-22(30)10-8-21/h5-12,15-16H,4,13-14,17H2,1-3H3,(H,31,34). The van der Waals surface area contributed by atoms with Crippen molar-refractivity contribution in [3.05, 3.63) is 94.6 Å². The van der Waals surface area contributed by atoms with Crippen LogP contribution in [0.25, 0.3) is 11.5 Å². The van der Waals surface area contributed by atoms with E-state index < -0.39 is 9.84 Å². The van der Waals surface area contributed by atoms with Gasteiger partial charge in [0.25, 0.3) is 5.89 Å². The van der Waals surface area contributed by atoms with E-state index in [1.807, 2.05) is 26.0 Å². The van der Waals surface area contributed by atoms with Crippen molar-refractivity contribution in [2.75, 3.05) is 11.1 Å². The van der Waals surface area contributed by atoms with Crippen molar-refractivity contribution in [3.63, 3.8) is 0 Å². The lowest BCUT2D eigenvalue weighted by Gasteiger charge is -2.19. The molecule has 0 spiro atoms. The highest BCUT2D eigenvalue weighted by Gasteiger charge is 2.51. The molecule has 0 atom stereocenters. The summed E-state index contributed by atoms with van der Waals surface area (Å²) in [5, 5.41) is 7.22. The lowest BCUT2D eigenvalue weighted by molar-refractivity contribution is -0.115. The number of amides is 1. The third kappa shape index (κ3) is 4.98. The second kappa shape index (κ2) is 9.79. The van der Waals surface area contributed by atoms with E-state index in [2.05, 4.69) is 15.5 Å². The van der Waals surface area contributed by atoms with Crippen LogP contribution in [-0.4, -0.2) is 30.2 Å². The van der Waals surface area contributed by atoms with Crippen LogP contribution in [0, 0.1) is 19.7 Å². The average molecular weight is 534 g/mol. The Balaban J connectivity index is 1.32. The van der Waals surface area contributed by atoms with E-state index in [1.54, 1.807) is 43.3 Å². The molecule has 0 saturated heterocycles. The molecule has 0 unspecified atom stereocenters. The first-order valence-electron chi connectivity index (χ1n) is 12.4. The SMILES string of the molecule is CCS(=O)(=O)c1ccc(CC(=O)Nc2cc(C)c(C3(c4noc(-c5ccc(F)cc5)n4)CC3)c(C)c2)cc1. The summed E-state index contributed by atoms with van der Waals surface area (Å²) in [6.45, 7) is 5.61. The second-order valence-electron chi connectivity index (χ2n) is 9.77. The van der Waals surface area contributed by atoms with Crippen LogP contribution in [0.1, 0.15) is 47.8 Å². The molecule has 1 amide bonds. The van der Waals surface area contributed by atoms with Gasteiger partial charge in [0.1, 0.15) is 5.82 Å². The Morgan fingerprint density at radius 2 is 1.66 bits per heavy atom. The summed E-state index contributed by atoms with van der Waals surface area (Å²) in [6.07, 6.45) is 1.89. The molecule has 1 aromatic heterocycles. The number of nitrogens with one attached hydrogen (secondary N) is 1. The van der Waals surface area contributed by atoms with Crippen LogP contribution in [0.5, 0.6) is 0 Å². The van der Waals surface area contributed by atoms with Gasteiger partial charge in [-0.2, -0.15) is 4.98 Å². The van der Waals surface area contributed by atoms with Crippen LogP contribution in [-0.2, 0) is 26.5 Å². The number of sulfone groups is 1. The van der Waals surface area contributed by atoms with Crippen LogP contribution in [0.3, 0.4) is 0 Å². The number of benzene rings is 3. The summed E-state index contributed by atoms with van der Waals surface area (Å²) >= 11 is 0. The molecule has 38 heavy (non-hydrogen) atoms. The Hall–Kier alpha value is -3.85. The van der Waals surface area contributed by atoms with Gasteiger partial charge < -0.3 is 9.84 Å². The maximum Gasteiger partial charge on any atom is 0.257 e. The number of carbonyl (C=O) groups is 1. The third-order valence-corrected chi connectivity index (χ3v) is 8.77. The Labute approximate surface area is 221 Å². The van der Waals surface area contributed by atoms with E-state index >= 15 is 0 Å². The molecule has 4 aromatic rings. The highest BCUT2D eigenvalue weighted by atomic mass is 32.2. The molecule has 7 nitrogen and oxygen atoms in total. The zero-order chi connectivity index (χ0) is 27.1. The van der Waals surface area contributed by atoms with Crippen LogP contribution >= 0.6 is 0 Å². The van der Waals surface area contributed by atoms with Gasteiger partial charge in [0.05, 0.1) is 22.5 Å². The Kier molecular flexibility index (Phi) is 6.65. The first kappa shape index (κ1) is 25.8. The molecule has 3 aromatic carbocycles. The van der Waals surface area contributed by atoms with Crippen molar-refractivity contribution in [3.8, 4) is 11.5 Å². The second-order valence-corrected chi connectivity index (χ2v) is 12.0. The predicted molar refractivity (Wildman–Crippen MR) is 142 cm³/mol. The van der Waals surface area contributed by atoms with Crippen LogP contribution in [0.4, 0.5) is 10.1 Å². The maximum atomic E-state index is 13.3. The van der Waals surface area contributed by atoms with Crippen LogP contribution in [0.15, 0.2) is 70.1 Å². The van der Waals surface area contributed by atoms with Gasteiger partial charge in [0.15, 0.2) is 15.7 Å². The van der Waals surface area contributed by atoms with Crippen molar-refractivity contribution in [2.45, 2.75) is 50.3 Å². The lowest BCUT2D eigenvalue weighted by Crippen LogP contribution is -2.17. The van der Waals surface area contributed by atoms with E-state index in [0.717, 1.165) is 35.1 Å². The monoisotopic (exact) mass is 533 g/mol. The van der Waals surface area contributed by atoms with Gasteiger partial charge in [-0.3, -0.25) is 4.79 Å². The predicted octanol–water partition coefficient (Wildman–Crippen LogP) is 5.55. The average Bonchev–Trinajstić information content (AvgIpc) is 3.51. The molecular formula is C29H28FN3O4S. The molecule has 0 aliphatic heterocycles. The largest absolute Gasteiger partial charge is 0.334 e. The first-order chi connectivity index (χ1) is 18.1. The van der Waals surface area contributed by atoms with Gasteiger partial charge in [0, 0.05) is 11.3 Å². The van der Waals surface area contributed by atoms with Crippen molar-refractivity contribution in [1.29, 1.82) is 0 Å². The zero-order valence-electron chi connectivity index (χ0n) is 21.4. The van der Waals surface area contributed by atoms with E-state index in [0.29, 0.717) is 23.0 Å². The summed E-state index contributed by atoms with van der Waals surface area (Å²) in [5.41, 5.74) is 4.88. The number of aromatic nitrogens is 2. The topological polar surface area (TPSA) is 102 Å². The van der Waals surface area contributed by atoms with Gasteiger partial charge in [-0.25, -0.2) is 12.8 Å². The molecule has 1 aliphatic carbocycles. The Bertz CT molecular complexity index is 1580. The van der Waals surface area contributed by atoms with Gasteiger partial charge in [0.2, 0.25) is 5.91 Å². The van der Waals surface area contributed by atoms with Gasteiger partial charge in [-0.15, -0.1) is 0 Å². The molecule has 1 N–H and O–H groups in total. The molecule has 5 rings (SSSR count). The van der Waals surface area contributed by atoms with Gasteiger partial charge >= 0.3 is 0 Å². The lowest BCUT2D eigenvalue weighted by atomic mass is 9.87. The van der Waals surface area contributed by atoms with Crippen LogP contribution in [0.2, 0.25) is 0 Å². The summed E-state index contributed by atoms with van der Waals surface area (Å²) in [6, 6.07) is 16.3. The molecule has 9 heteroatoms. The highest BCUT2D eigenvalue weighted by Crippen LogP contribution is 2.54. The van der Waals surface area contributed by atoms with E-state index in [4.69, 9.17) is 4.52 Å². The number of carbonyl (C=O) groups excluding carboxylic acids is 1. The number of aryl methyl sites for hydroxylation is 2. The molecule has 1 heterocycles. The quantitative estimate of drug-likeness (QED) is 0.319. The molecule has 0 radical (unpaired) electrons. The summed E-state index contributed by atoms with van der Waals surface area (Å²) in [7, 11) is -3.28. The van der Waals surface area contributed by atoms with Crippen molar-refractivity contribution in [2.24, 2.45) is 0 Å². The van der Waals surface area contributed by atoms with Gasteiger partial charge in [-0.1, -0.05) is 24.2 Å². The van der Waals surface area contributed by atoms with Crippen molar-refractivity contribution < 1.29 is 22.1 Å². The molecule has 196 valence electrons. The minimum absolute atomic E-state index is 0.0327. The molecule has 1 fully saturated rings. The molecule has 0 bridgehead atoms. The fraction of sp³-hybridized carbons (Fsp3) is 0.276. The third-order valence-electron chi connectivity index (χ3n) is 7.02. The number of halogens is 1. The summed E-state index contributed by atoms with van der Waals surface area (Å²) in [5.74, 6) is 0.473. The molecule has 1 aliphatic rings. The fourth-order valence-electron chi connectivity index (χ4n) is 5.00. The fourth-order valence-corrected chi connectivity index (χ4v) is 5.88. The normalized spacial score (nSPS) is 14.3. The minimum atomic E-state index is -3.28. The molecular weight excluding hydrogens is 505 g/mol. The smallest absolute Gasteiger partial charge is 0.257 e. The number of hydrogen-bond donors (Lipinski definition) is 1. The van der Waals surface area contributed by atoms with Crippen molar-refractivity contribution >= 4 is 21.4 Å². The van der Waals surface area contributed by atoms with Crippen LogP contribution < -0.4 is 5.32 Å². The summed E-state index contributed by atoms with van der Waals surface area (Å²) in [4.78, 5) is 17.6. The number of rotatable bonds is 8. The van der Waals surface area contributed by atoms with Gasteiger partial charge in [-0.05, 0) is 97.5 Å². The maximum absolute atomic E-state index is 13.3. The highest BCUT2D eigenvalue weighted by molar-refractivity contribution is 7.91. The minimum Gasteiger partial charge on any atom is -0.334 e. The van der Waals surface area contributed by atoms with E-state index in [9.17, 15) is 17.6 Å². The van der Waals surface area contributed by atoms with Crippen molar-refractivity contribution in [1.82, 2.24) is 10.1 Å². The Morgan fingerprint density at radius 1 is 1.03 bits per heavy atom. The summed E-state index contributed by atoms with van der Waals surface area (Å²) < 4.78 is 42.8. The Morgan fingerprint density at radius 3 is 2.24 bits per heavy atom. The molecule has 1 saturated carbocycles. The number of hydrogen-bond acceptors (Lipinski definition) is 6.